The minimum absolute atomic E-state index is 0.555. The third-order valence-electron chi connectivity index (χ3n) is 3.49. The van der Waals surface area contributed by atoms with Gasteiger partial charge in [0, 0.05) is 36.5 Å². The van der Waals surface area contributed by atoms with Crippen molar-refractivity contribution in [3.63, 3.8) is 0 Å². The number of hydrogen-bond donors (Lipinski definition) is 2. The molecule has 19 heavy (non-hydrogen) atoms. The Morgan fingerprint density at radius 3 is 2.84 bits per heavy atom. The van der Waals surface area contributed by atoms with Crippen molar-refractivity contribution in [3.05, 3.63) is 54.2 Å². The fourth-order valence-corrected chi connectivity index (χ4v) is 2.44. The molecule has 0 aliphatic heterocycles. The van der Waals surface area contributed by atoms with Gasteiger partial charge < -0.3 is 10.6 Å². The Bertz CT molecular complexity index is 539. The summed E-state index contributed by atoms with van der Waals surface area (Å²) in [4.78, 5) is 4.28. The van der Waals surface area contributed by atoms with E-state index in [2.05, 4.69) is 58.9 Å². The van der Waals surface area contributed by atoms with Crippen LogP contribution in [-0.2, 0) is 0 Å². The SMILES string of the molecule is CCNc1cc(NC2CC2c2ccccc2)ccn1. The Hall–Kier alpha value is -2.03. The minimum Gasteiger partial charge on any atom is -0.382 e. The highest BCUT2D eigenvalue weighted by Crippen LogP contribution is 2.42. The molecule has 3 nitrogen and oxygen atoms in total. The summed E-state index contributed by atoms with van der Waals surface area (Å²) in [5, 5.41) is 6.82. The van der Waals surface area contributed by atoms with Crippen LogP contribution in [0.25, 0.3) is 0 Å². The smallest absolute Gasteiger partial charge is 0.127 e. The number of nitrogens with one attached hydrogen (secondary N) is 2. The largest absolute Gasteiger partial charge is 0.382 e. The van der Waals surface area contributed by atoms with E-state index in [-0.39, 0.29) is 0 Å². The first kappa shape index (κ1) is 12.0. The first-order chi connectivity index (χ1) is 9.36. The third kappa shape index (κ3) is 2.87. The summed E-state index contributed by atoms with van der Waals surface area (Å²) >= 11 is 0. The Kier molecular flexibility index (Phi) is 3.36. The lowest BCUT2D eigenvalue weighted by Gasteiger charge is -2.08. The first-order valence-corrected chi connectivity index (χ1v) is 6.88. The summed E-state index contributed by atoms with van der Waals surface area (Å²) in [6.07, 6.45) is 3.06. The quantitative estimate of drug-likeness (QED) is 0.856. The summed E-state index contributed by atoms with van der Waals surface area (Å²) < 4.78 is 0. The van der Waals surface area contributed by atoms with Crippen LogP contribution in [0.3, 0.4) is 0 Å². The fraction of sp³-hybridized carbons (Fsp3) is 0.312. The van der Waals surface area contributed by atoms with Crippen LogP contribution in [0.1, 0.15) is 24.8 Å². The molecule has 0 spiro atoms. The standard InChI is InChI=1S/C16H19N3/c1-2-17-16-10-13(8-9-18-16)19-15-11-14(15)12-6-4-3-5-7-12/h3-10,14-15H,2,11H2,1H3,(H2,17,18,19). The van der Waals surface area contributed by atoms with E-state index in [0.29, 0.717) is 12.0 Å². The molecule has 1 heterocycles. The lowest BCUT2D eigenvalue weighted by molar-refractivity contribution is 1.04. The maximum atomic E-state index is 4.28. The van der Waals surface area contributed by atoms with Crippen LogP contribution in [0.5, 0.6) is 0 Å². The highest BCUT2D eigenvalue weighted by molar-refractivity contribution is 5.54. The number of benzene rings is 1. The van der Waals surface area contributed by atoms with Crippen molar-refractivity contribution in [2.75, 3.05) is 17.2 Å². The summed E-state index contributed by atoms with van der Waals surface area (Å²) in [7, 11) is 0. The van der Waals surface area contributed by atoms with Gasteiger partial charge in [0.2, 0.25) is 0 Å². The molecule has 3 rings (SSSR count). The topological polar surface area (TPSA) is 37.0 Å². The number of pyridine rings is 1. The van der Waals surface area contributed by atoms with Gasteiger partial charge >= 0.3 is 0 Å². The molecule has 0 bridgehead atoms. The maximum Gasteiger partial charge on any atom is 0.127 e. The molecule has 2 unspecified atom stereocenters. The zero-order chi connectivity index (χ0) is 13.1. The maximum absolute atomic E-state index is 4.28. The predicted molar refractivity (Wildman–Crippen MR) is 79.6 cm³/mol. The molecular formula is C16H19N3. The van der Waals surface area contributed by atoms with Gasteiger partial charge in [0.25, 0.3) is 0 Å². The van der Waals surface area contributed by atoms with E-state index in [9.17, 15) is 0 Å². The number of nitrogens with zero attached hydrogens (tertiary/aromatic N) is 1. The van der Waals surface area contributed by atoms with Crippen LogP contribution in [-0.4, -0.2) is 17.6 Å². The Morgan fingerprint density at radius 2 is 2.05 bits per heavy atom. The van der Waals surface area contributed by atoms with Gasteiger partial charge in [-0.3, -0.25) is 0 Å². The van der Waals surface area contributed by atoms with E-state index >= 15 is 0 Å². The first-order valence-electron chi connectivity index (χ1n) is 6.88. The molecule has 2 aromatic rings. The molecule has 0 amide bonds. The van der Waals surface area contributed by atoms with Crippen LogP contribution in [0.2, 0.25) is 0 Å². The molecule has 0 saturated heterocycles. The molecule has 1 fully saturated rings. The van der Waals surface area contributed by atoms with Gasteiger partial charge in [-0.2, -0.15) is 0 Å². The molecule has 0 radical (unpaired) electrons. The van der Waals surface area contributed by atoms with Gasteiger partial charge in [0.05, 0.1) is 0 Å². The summed E-state index contributed by atoms with van der Waals surface area (Å²) in [6.45, 7) is 2.97. The average Bonchev–Trinajstić information content (AvgIpc) is 3.20. The van der Waals surface area contributed by atoms with E-state index in [1.54, 1.807) is 0 Å². The second-order valence-electron chi connectivity index (χ2n) is 4.96. The van der Waals surface area contributed by atoms with Gasteiger partial charge in [-0.25, -0.2) is 4.98 Å². The Balaban J connectivity index is 1.63. The van der Waals surface area contributed by atoms with E-state index in [1.807, 2.05) is 12.3 Å². The molecule has 2 N–H and O–H groups in total. The lowest BCUT2D eigenvalue weighted by Crippen LogP contribution is -2.05. The van der Waals surface area contributed by atoms with E-state index in [0.717, 1.165) is 18.1 Å². The van der Waals surface area contributed by atoms with Gasteiger partial charge in [-0.15, -0.1) is 0 Å². The highest BCUT2D eigenvalue weighted by atomic mass is 15.0. The highest BCUT2D eigenvalue weighted by Gasteiger charge is 2.38. The Morgan fingerprint density at radius 1 is 1.21 bits per heavy atom. The third-order valence-corrected chi connectivity index (χ3v) is 3.49. The monoisotopic (exact) mass is 253 g/mol. The molecule has 1 saturated carbocycles. The van der Waals surface area contributed by atoms with Crippen LogP contribution in [0, 0.1) is 0 Å². The van der Waals surface area contributed by atoms with E-state index in [4.69, 9.17) is 0 Å². The summed E-state index contributed by atoms with van der Waals surface area (Å²) in [5.74, 6) is 1.58. The van der Waals surface area contributed by atoms with E-state index in [1.165, 1.54) is 12.0 Å². The van der Waals surface area contributed by atoms with Crippen LogP contribution in [0.15, 0.2) is 48.7 Å². The second-order valence-corrected chi connectivity index (χ2v) is 4.96. The number of anilines is 2. The molecule has 98 valence electrons. The lowest BCUT2D eigenvalue weighted by atomic mass is 10.1. The summed E-state index contributed by atoms with van der Waals surface area (Å²) in [6, 6.07) is 15.4. The minimum atomic E-state index is 0.555. The second kappa shape index (κ2) is 5.31. The number of aromatic nitrogens is 1. The molecule has 1 aliphatic carbocycles. The van der Waals surface area contributed by atoms with Crippen LogP contribution >= 0.6 is 0 Å². The fourth-order valence-electron chi connectivity index (χ4n) is 2.44. The normalized spacial score (nSPS) is 20.9. The van der Waals surface area contributed by atoms with Crippen LogP contribution in [0.4, 0.5) is 11.5 Å². The number of hydrogen-bond acceptors (Lipinski definition) is 3. The van der Waals surface area contributed by atoms with Crippen molar-refractivity contribution in [2.45, 2.75) is 25.3 Å². The number of rotatable bonds is 5. The Labute approximate surface area is 114 Å². The zero-order valence-electron chi connectivity index (χ0n) is 11.1. The average molecular weight is 253 g/mol. The van der Waals surface area contributed by atoms with Crippen molar-refractivity contribution in [2.24, 2.45) is 0 Å². The van der Waals surface area contributed by atoms with Gasteiger partial charge in [0.15, 0.2) is 0 Å². The van der Waals surface area contributed by atoms with Crippen molar-refractivity contribution in [3.8, 4) is 0 Å². The van der Waals surface area contributed by atoms with Gasteiger partial charge in [-0.1, -0.05) is 30.3 Å². The van der Waals surface area contributed by atoms with Crippen molar-refractivity contribution in [1.29, 1.82) is 0 Å². The molecule has 1 aromatic carbocycles. The molecule has 3 heteroatoms. The van der Waals surface area contributed by atoms with Crippen molar-refractivity contribution in [1.82, 2.24) is 4.98 Å². The summed E-state index contributed by atoms with van der Waals surface area (Å²) in [5.41, 5.74) is 2.58. The van der Waals surface area contributed by atoms with Crippen LogP contribution < -0.4 is 10.6 Å². The predicted octanol–water partition coefficient (Wildman–Crippen LogP) is 3.48. The molecule has 1 aliphatic rings. The van der Waals surface area contributed by atoms with Crippen molar-refractivity contribution >= 4 is 11.5 Å². The van der Waals surface area contributed by atoms with E-state index < -0.39 is 0 Å². The molecule has 2 atom stereocenters. The molecular weight excluding hydrogens is 234 g/mol. The van der Waals surface area contributed by atoms with Gasteiger partial charge in [-0.05, 0) is 25.0 Å². The zero-order valence-corrected chi connectivity index (χ0v) is 11.1. The molecule has 1 aromatic heterocycles. The van der Waals surface area contributed by atoms with Crippen molar-refractivity contribution < 1.29 is 0 Å². The van der Waals surface area contributed by atoms with Gasteiger partial charge in [0.1, 0.15) is 5.82 Å².